The van der Waals surface area contributed by atoms with E-state index >= 15 is 0 Å². The summed E-state index contributed by atoms with van der Waals surface area (Å²) in [6.07, 6.45) is 7.48. The van der Waals surface area contributed by atoms with Crippen LogP contribution in [0.1, 0.15) is 37.7 Å². The maximum absolute atomic E-state index is 6.17. The fourth-order valence-corrected chi connectivity index (χ4v) is 2.82. The van der Waals surface area contributed by atoms with E-state index in [4.69, 9.17) is 23.2 Å². The standard InChI is InChI=1S/C14H19Cl2N/c15-12-6-8-14(16)11(10-12)5-7-13-4-2-1-3-9-17-13/h6,8,10,13,17H,1-5,7,9H2. The SMILES string of the molecule is Clc1ccc(Cl)c(CCC2CCCCCN2)c1. The Morgan fingerprint density at radius 2 is 2.06 bits per heavy atom. The lowest BCUT2D eigenvalue weighted by Crippen LogP contribution is -2.28. The molecule has 0 aliphatic carbocycles. The molecule has 94 valence electrons. The molecule has 0 amide bonds. The lowest BCUT2D eigenvalue weighted by molar-refractivity contribution is 0.478. The van der Waals surface area contributed by atoms with E-state index in [1.807, 2.05) is 18.2 Å². The van der Waals surface area contributed by atoms with Crippen LogP contribution in [0.3, 0.4) is 0 Å². The molecule has 17 heavy (non-hydrogen) atoms. The van der Waals surface area contributed by atoms with E-state index in [1.165, 1.54) is 31.2 Å². The van der Waals surface area contributed by atoms with Crippen LogP contribution >= 0.6 is 23.2 Å². The van der Waals surface area contributed by atoms with Gasteiger partial charge in [0.05, 0.1) is 0 Å². The van der Waals surface area contributed by atoms with Gasteiger partial charge < -0.3 is 5.32 Å². The summed E-state index contributed by atoms with van der Waals surface area (Å²) in [6.45, 7) is 1.16. The molecule has 1 saturated heterocycles. The van der Waals surface area contributed by atoms with E-state index in [0.717, 1.165) is 29.4 Å². The Labute approximate surface area is 114 Å². The van der Waals surface area contributed by atoms with Gasteiger partial charge in [0.15, 0.2) is 0 Å². The van der Waals surface area contributed by atoms with E-state index in [9.17, 15) is 0 Å². The summed E-state index contributed by atoms with van der Waals surface area (Å²) < 4.78 is 0. The fourth-order valence-electron chi connectivity index (χ4n) is 2.41. The first kappa shape index (κ1) is 13.2. The smallest absolute Gasteiger partial charge is 0.0439 e. The lowest BCUT2D eigenvalue weighted by Gasteiger charge is -2.16. The van der Waals surface area contributed by atoms with E-state index in [1.54, 1.807) is 0 Å². The number of aryl methyl sites for hydroxylation is 1. The monoisotopic (exact) mass is 271 g/mol. The van der Waals surface area contributed by atoms with Gasteiger partial charge in [0.25, 0.3) is 0 Å². The van der Waals surface area contributed by atoms with Gasteiger partial charge in [-0.15, -0.1) is 0 Å². The third-order valence-electron chi connectivity index (χ3n) is 3.43. The van der Waals surface area contributed by atoms with Gasteiger partial charge in [0.1, 0.15) is 0 Å². The van der Waals surface area contributed by atoms with Crippen LogP contribution in [-0.2, 0) is 6.42 Å². The van der Waals surface area contributed by atoms with Crippen LogP contribution in [0.15, 0.2) is 18.2 Å². The van der Waals surface area contributed by atoms with Gasteiger partial charge in [-0.25, -0.2) is 0 Å². The van der Waals surface area contributed by atoms with E-state index in [0.29, 0.717) is 6.04 Å². The van der Waals surface area contributed by atoms with Crippen LogP contribution in [0.5, 0.6) is 0 Å². The molecule has 3 heteroatoms. The molecule has 1 N–H and O–H groups in total. The fraction of sp³-hybridized carbons (Fsp3) is 0.571. The van der Waals surface area contributed by atoms with Crippen molar-refractivity contribution in [1.29, 1.82) is 0 Å². The summed E-state index contributed by atoms with van der Waals surface area (Å²) in [5.41, 5.74) is 1.17. The van der Waals surface area contributed by atoms with Gasteiger partial charge in [0, 0.05) is 16.1 Å². The number of halogens is 2. The van der Waals surface area contributed by atoms with Gasteiger partial charge in [0.2, 0.25) is 0 Å². The highest BCUT2D eigenvalue weighted by molar-refractivity contribution is 6.33. The van der Waals surface area contributed by atoms with Crippen molar-refractivity contribution in [3.05, 3.63) is 33.8 Å². The van der Waals surface area contributed by atoms with E-state index < -0.39 is 0 Å². The molecule has 2 rings (SSSR count). The van der Waals surface area contributed by atoms with Crippen LogP contribution in [0.4, 0.5) is 0 Å². The molecule has 1 heterocycles. The maximum Gasteiger partial charge on any atom is 0.0439 e. The average Bonchev–Trinajstić information content (AvgIpc) is 2.59. The molecular formula is C14H19Cl2N. The van der Waals surface area contributed by atoms with Crippen LogP contribution < -0.4 is 5.32 Å². The molecule has 1 aromatic rings. The number of benzene rings is 1. The Morgan fingerprint density at radius 1 is 1.18 bits per heavy atom. The largest absolute Gasteiger partial charge is 0.314 e. The first-order chi connectivity index (χ1) is 8.25. The summed E-state index contributed by atoms with van der Waals surface area (Å²) in [6, 6.07) is 6.37. The van der Waals surface area contributed by atoms with Crippen LogP contribution in [-0.4, -0.2) is 12.6 Å². The third kappa shape index (κ3) is 4.17. The van der Waals surface area contributed by atoms with Gasteiger partial charge >= 0.3 is 0 Å². The van der Waals surface area contributed by atoms with Crippen molar-refractivity contribution in [2.75, 3.05) is 6.54 Å². The molecular weight excluding hydrogens is 253 g/mol. The third-order valence-corrected chi connectivity index (χ3v) is 4.04. The molecule has 1 fully saturated rings. The first-order valence-electron chi connectivity index (χ1n) is 6.43. The highest BCUT2D eigenvalue weighted by Crippen LogP contribution is 2.23. The molecule has 1 aliphatic rings. The number of nitrogens with one attached hydrogen (secondary N) is 1. The zero-order valence-electron chi connectivity index (χ0n) is 10.0. The molecule has 1 aliphatic heterocycles. The van der Waals surface area contributed by atoms with E-state index in [-0.39, 0.29) is 0 Å². The molecule has 0 radical (unpaired) electrons. The van der Waals surface area contributed by atoms with Gasteiger partial charge in [-0.05, 0) is 56.0 Å². The van der Waals surface area contributed by atoms with Crippen molar-refractivity contribution in [2.45, 2.75) is 44.6 Å². The predicted molar refractivity (Wildman–Crippen MR) is 75.0 cm³/mol. The molecule has 1 atom stereocenters. The summed E-state index contributed by atoms with van der Waals surface area (Å²) in [5.74, 6) is 0. The normalized spacial score (nSPS) is 21.2. The minimum absolute atomic E-state index is 0.646. The van der Waals surface area contributed by atoms with Crippen molar-refractivity contribution in [3.63, 3.8) is 0 Å². The molecule has 1 aromatic carbocycles. The second-order valence-corrected chi connectivity index (χ2v) is 5.62. The first-order valence-corrected chi connectivity index (χ1v) is 7.18. The van der Waals surface area contributed by atoms with Crippen molar-refractivity contribution < 1.29 is 0 Å². The average molecular weight is 272 g/mol. The van der Waals surface area contributed by atoms with Crippen molar-refractivity contribution >= 4 is 23.2 Å². The number of hydrogen-bond acceptors (Lipinski definition) is 1. The summed E-state index contributed by atoms with van der Waals surface area (Å²) in [5, 5.41) is 5.22. The van der Waals surface area contributed by atoms with Crippen LogP contribution in [0.25, 0.3) is 0 Å². The molecule has 1 nitrogen and oxygen atoms in total. The van der Waals surface area contributed by atoms with Crippen molar-refractivity contribution in [2.24, 2.45) is 0 Å². The minimum atomic E-state index is 0.646. The van der Waals surface area contributed by atoms with Crippen molar-refractivity contribution in [1.82, 2.24) is 5.32 Å². The van der Waals surface area contributed by atoms with Crippen LogP contribution in [0.2, 0.25) is 10.0 Å². The summed E-state index contributed by atoms with van der Waals surface area (Å²) in [7, 11) is 0. The Balaban J connectivity index is 1.89. The molecule has 0 spiro atoms. The topological polar surface area (TPSA) is 12.0 Å². The number of rotatable bonds is 3. The van der Waals surface area contributed by atoms with Crippen LogP contribution in [0, 0.1) is 0 Å². The minimum Gasteiger partial charge on any atom is -0.314 e. The predicted octanol–water partition coefficient (Wildman–Crippen LogP) is 4.46. The Hall–Kier alpha value is -0.240. The molecule has 0 bridgehead atoms. The highest BCUT2D eigenvalue weighted by atomic mass is 35.5. The lowest BCUT2D eigenvalue weighted by atomic mass is 10.0. The summed E-state index contributed by atoms with van der Waals surface area (Å²) >= 11 is 12.2. The molecule has 1 unspecified atom stereocenters. The quantitative estimate of drug-likeness (QED) is 0.856. The Morgan fingerprint density at radius 3 is 2.94 bits per heavy atom. The second kappa shape index (κ2) is 6.63. The van der Waals surface area contributed by atoms with Gasteiger partial charge in [-0.2, -0.15) is 0 Å². The molecule has 0 aromatic heterocycles. The zero-order valence-corrected chi connectivity index (χ0v) is 11.5. The van der Waals surface area contributed by atoms with Crippen molar-refractivity contribution in [3.8, 4) is 0 Å². The number of hydrogen-bond donors (Lipinski definition) is 1. The Kier molecular flexibility index (Phi) is 5.15. The van der Waals surface area contributed by atoms with Gasteiger partial charge in [-0.3, -0.25) is 0 Å². The van der Waals surface area contributed by atoms with E-state index in [2.05, 4.69) is 5.32 Å². The Bertz CT molecular complexity index is 357. The summed E-state index contributed by atoms with van der Waals surface area (Å²) in [4.78, 5) is 0. The molecule has 0 saturated carbocycles. The highest BCUT2D eigenvalue weighted by Gasteiger charge is 2.12. The maximum atomic E-state index is 6.17. The van der Waals surface area contributed by atoms with Gasteiger partial charge in [-0.1, -0.05) is 36.0 Å². The second-order valence-electron chi connectivity index (χ2n) is 4.77. The zero-order chi connectivity index (χ0) is 12.1.